The summed E-state index contributed by atoms with van der Waals surface area (Å²) >= 11 is 1.15. The van der Waals surface area contributed by atoms with Gasteiger partial charge in [0.15, 0.2) is 11.7 Å². The van der Waals surface area contributed by atoms with E-state index < -0.39 is 10.8 Å². The van der Waals surface area contributed by atoms with Crippen LogP contribution in [0.4, 0.5) is 10.8 Å². The van der Waals surface area contributed by atoms with E-state index in [0.717, 1.165) is 17.0 Å². The number of carbonyl (C=O) groups excluding carboxylic acids is 1. The predicted octanol–water partition coefficient (Wildman–Crippen LogP) is 2.32. The molecule has 0 aliphatic heterocycles. The lowest BCUT2D eigenvalue weighted by molar-refractivity contribution is -0.384. The Bertz CT molecular complexity index is 926. The molecule has 2 heterocycles. The molecule has 24 heavy (non-hydrogen) atoms. The summed E-state index contributed by atoms with van der Waals surface area (Å²) in [5.74, 6) is -0.423. The molecule has 9 nitrogen and oxygen atoms in total. The van der Waals surface area contributed by atoms with E-state index in [-0.39, 0.29) is 18.3 Å². The number of benzene rings is 1. The number of rotatable bonds is 5. The number of carbonyl (C=O) groups is 1. The molecule has 1 aromatic carbocycles. The van der Waals surface area contributed by atoms with Gasteiger partial charge in [0.25, 0.3) is 11.6 Å². The average Bonchev–Trinajstić information content (AvgIpc) is 2.94. The monoisotopic (exact) mass is 345 g/mol. The molecule has 0 saturated carbocycles. The van der Waals surface area contributed by atoms with Crippen molar-refractivity contribution in [1.82, 2.24) is 15.0 Å². The number of nitro groups is 1. The first-order valence-corrected chi connectivity index (χ1v) is 7.60. The van der Waals surface area contributed by atoms with Crippen LogP contribution in [0.3, 0.4) is 0 Å². The fourth-order valence-electron chi connectivity index (χ4n) is 1.86. The first-order chi connectivity index (χ1) is 11.5. The number of hydrogen-bond acceptors (Lipinski definition) is 8. The maximum atomic E-state index is 11.9. The molecular formula is C14H11N5O4S. The first-order valence-electron chi connectivity index (χ1n) is 6.78. The van der Waals surface area contributed by atoms with Crippen molar-refractivity contribution in [3.05, 3.63) is 46.3 Å². The van der Waals surface area contributed by atoms with Crippen molar-refractivity contribution < 1.29 is 14.5 Å². The van der Waals surface area contributed by atoms with Gasteiger partial charge in [-0.25, -0.2) is 15.0 Å². The number of anilines is 1. The third-order valence-corrected chi connectivity index (χ3v) is 3.87. The molecule has 0 radical (unpaired) electrons. The molecule has 3 rings (SSSR count). The number of thiazole rings is 1. The molecule has 0 saturated heterocycles. The Morgan fingerprint density at radius 1 is 1.38 bits per heavy atom. The van der Waals surface area contributed by atoms with E-state index in [9.17, 15) is 14.9 Å². The number of aromatic nitrogens is 3. The van der Waals surface area contributed by atoms with Crippen LogP contribution in [0, 0.1) is 17.0 Å². The van der Waals surface area contributed by atoms with E-state index in [1.807, 2.05) is 0 Å². The molecule has 10 heteroatoms. The Labute approximate surface area is 139 Å². The fourth-order valence-corrected chi connectivity index (χ4v) is 2.78. The minimum atomic E-state index is -0.479. The highest BCUT2D eigenvalue weighted by Crippen LogP contribution is 2.29. The van der Waals surface area contributed by atoms with Crippen molar-refractivity contribution in [3.8, 4) is 6.01 Å². The highest BCUT2D eigenvalue weighted by atomic mass is 32.1. The maximum absolute atomic E-state index is 11.9. The smallest absolute Gasteiger partial charge is 0.317 e. The van der Waals surface area contributed by atoms with Crippen LogP contribution in [0.15, 0.2) is 30.5 Å². The van der Waals surface area contributed by atoms with E-state index in [2.05, 4.69) is 20.3 Å². The van der Waals surface area contributed by atoms with Gasteiger partial charge in [0.05, 0.1) is 15.1 Å². The van der Waals surface area contributed by atoms with Crippen LogP contribution >= 0.6 is 11.3 Å². The van der Waals surface area contributed by atoms with Crippen LogP contribution in [-0.4, -0.2) is 32.4 Å². The largest absolute Gasteiger partial charge is 0.453 e. The van der Waals surface area contributed by atoms with Gasteiger partial charge in [-0.15, -0.1) is 0 Å². The topological polar surface area (TPSA) is 120 Å². The Kier molecular flexibility index (Phi) is 4.29. The van der Waals surface area contributed by atoms with Crippen LogP contribution in [-0.2, 0) is 4.79 Å². The molecule has 122 valence electrons. The third kappa shape index (κ3) is 3.60. The lowest BCUT2D eigenvalue weighted by Gasteiger charge is -2.04. The number of nitrogens with one attached hydrogen (secondary N) is 1. The lowest BCUT2D eigenvalue weighted by Crippen LogP contribution is -2.20. The molecule has 0 aliphatic rings. The SMILES string of the molecule is Cc1ccnc(OCC(=O)Nc2nc3ccc([N+](=O)[O-])cc3s2)n1. The standard InChI is InChI=1S/C14H11N5O4S/c1-8-4-5-15-13(16-8)23-7-12(20)18-14-17-10-3-2-9(19(21)22)6-11(10)24-14/h2-6H,7H2,1H3,(H,17,18,20). The van der Waals surface area contributed by atoms with Crippen LogP contribution in [0.25, 0.3) is 10.2 Å². The third-order valence-electron chi connectivity index (χ3n) is 2.93. The van der Waals surface area contributed by atoms with Crippen molar-refractivity contribution >= 4 is 38.3 Å². The molecule has 3 aromatic rings. The minimum absolute atomic E-state index is 0.0241. The van der Waals surface area contributed by atoms with Crippen molar-refractivity contribution in [2.24, 2.45) is 0 Å². The molecule has 0 spiro atoms. The Hall–Kier alpha value is -3.14. The molecule has 1 amide bonds. The van der Waals surface area contributed by atoms with Crippen LogP contribution < -0.4 is 10.1 Å². The van der Waals surface area contributed by atoms with Crippen molar-refractivity contribution in [1.29, 1.82) is 0 Å². The van der Waals surface area contributed by atoms with Crippen molar-refractivity contribution in [3.63, 3.8) is 0 Å². The summed E-state index contributed by atoms with van der Waals surface area (Å²) in [6.45, 7) is 1.52. The average molecular weight is 345 g/mol. The molecule has 2 aromatic heterocycles. The summed E-state index contributed by atoms with van der Waals surface area (Å²) < 4.78 is 5.81. The second kappa shape index (κ2) is 6.54. The Morgan fingerprint density at radius 2 is 2.21 bits per heavy atom. The number of non-ortho nitro benzene ring substituents is 1. The van der Waals surface area contributed by atoms with Crippen molar-refractivity contribution in [2.45, 2.75) is 6.92 Å². The second-order valence-electron chi connectivity index (χ2n) is 4.75. The van der Waals surface area contributed by atoms with Crippen LogP contribution in [0.1, 0.15) is 5.69 Å². The van der Waals surface area contributed by atoms with Gasteiger partial charge >= 0.3 is 6.01 Å². The number of hydrogen-bond donors (Lipinski definition) is 1. The van der Waals surface area contributed by atoms with Gasteiger partial charge in [0.2, 0.25) is 0 Å². The second-order valence-corrected chi connectivity index (χ2v) is 5.78. The van der Waals surface area contributed by atoms with E-state index in [0.29, 0.717) is 15.3 Å². The van der Waals surface area contributed by atoms with E-state index in [1.165, 1.54) is 24.4 Å². The van der Waals surface area contributed by atoms with Gasteiger partial charge in [0.1, 0.15) is 0 Å². The zero-order chi connectivity index (χ0) is 17.1. The number of aryl methyl sites for hydroxylation is 1. The Morgan fingerprint density at radius 3 is 2.96 bits per heavy atom. The van der Waals surface area contributed by atoms with E-state index >= 15 is 0 Å². The first kappa shape index (κ1) is 15.7. The van der Waals surface area contributed by atoms with Crippen LogP contribution in [0.2, 0.25) is 0 Å². The summed E-state index contributed by atoms with van der Waals surface area (Å²) in [6.07, 6.45) is 1.54. The lowest BCUT2D eigenvalue weighted by atomic mass is 10.3. The number of amides is 1. The highest BCUT2D eigenvalue weighted by Gasteiger charge is 2.12. The molecule has 0 atom stereocenters. The molecule has 0 aliphatic carbocycles. The van der Waals surface area contributed by atoms with Gasteiger partial charge in [-0.05, 0) is 19.1 Å². The number of fused-ring (bicyclic) bond motifs is 1. The number of nitrogens with zero attached hydrogens (tertiary/aromatic N) is 4. The molecule has 0 bridgehead atoms. The zero-order valence-corrected chi connectivity index (χ0v) is 13.2. The summed E-state index contributed by atoms with van der Waals surface area (Å²) in [7, 11) is 0. The van der Waals surface area contributed by atoms with Gasteiger partial charge in [-0.2, -0.15) is 0 Å². The molecule has 0 fully saturated rings. The predicted molar refractivity (Wildman–Crippen MR) is 87.2 cm³/mol. The van der Waals surface area contributed by atoms with Gasteiger partial charge in [0, 0.05) is 24.0 Å². The highest BCUT2D eigenvalue weighted by molar-refractivity contribution is 7.22. The number of ether oxygens (including phenoxy) is 1. The zero-order valence-electron chi connectivity index (χ0n) is 12.4. The molecule has 1 N–H and O–H groups in total. The Balaban J connectivity index is 1.65. The van der Waals surface area contributed by atoms with Gasteiger partial charge in [-0.1, -0.05) is 11.3 Å². The number of nitro benzene ring substituents is 1. The summed E-state index contributed by atoms with van der Waals surface area (Å²) in [5, 5.41) is 13.7. The molecular weight excluding hydrogens is 334 g/mol. The van der Waals surface area contributed by atoms with E-state index in [4.69, 9.17) is 4.74 Å². The van der Waals surface area contributed by atoms with Gasteiger partial charge in [-0.3, -0.25) is 20.2 Å². The van der Waals surface area contributed by atoms with Gasteiger partial charge < -0.3 is 4.74 Å². The minimum Gasteiger partial charge on any atom is -0.453 e. The summed E-state index contributed by atoms with van der Waals surface area (Å²) in [5.41, 5.74) is 1.28. The summed E-state index contributed by atoms with van der Waals surface area (Å²) in [4.78, 5) is 34.3. The van der Waals surface area contributed by atoms with Crippen LogP contribution in [0.5, 0.6) is 6.01 Å². The maximum Gasteiger partial charge on any atom is 0.317 e. The normalized spacial score (nSPS) is 10.5. The van der Waals surface area contributed by atoms with Crippen molar-refractivity contribution in [2.75, 3.05) is 11.9 Å². The summed E-state index contributed by atoms with van der Waals surface area (Å²) in [6, 6.07) is 6.15. The van der Waals surface area contributed by atoms with E-state index in [1.54, 1.807) is 13.0 Å². The fraction of sp³-hybridized carbons (Fsp3) is 0.143. The quantitative estimate of drug-likeness (QED) is 0.556. The molecule has 0 unspecified atom stereocenters.